The van der Waals surface area contributed by atoms with E-state index in [0.29, 0.717) is 0 Å². The molecule has 0 saturated heterocycles. The number of aromatic nitrogens is 1. The normalized spacial score (nSPS) is 12.6. The van der Waals surface area contributed by atoms with E-state index in [2.05, 4.69) is 21.8 Å². The fourth-order valence-corrected chi connectivity index (χ4v) is 2.29. The lowest BCUT2D eigenvalue weighted by Gasteiger charge is -2.10. The highest BCUT2D eigenvalue weighted by Gasteiger charge is 2.05. The highest BCUT2D eigenvalue weighted by Crippen LogP contribution is 2.10. The Morgan fingerprint density at radius 1 is 1.13 bits per heavy atom. The van der Waals surface area contributed by atoms with Crippen LogP contribution in [-0.2, 0) is 12.8 Å². The lowest BCUT2D eigenvalue weighted by atomic mass is 10.0. The van der Waals surface area contributed by atoms with E-state index >= 15 is 0 Å². The number of rotatable bonds is 4. The van der Waals surface area contributed by atoms with Crippen molar-refractivity contribution in [1.82, 2.24) is 4.98 Å². The highest BCUT2D eigenvalue weighted by atomic mass is 32.1. The van der Waals surface area contributed by atoms with Crippen LogP contribution in [0.25, 0.3) is 0 Å². The van der Waals surface area contributed by atoms with Crippen molar-refractivity contribution in [3.8, 4) is 0 Å². The van der Waals surface area contributed by atoms with Crippen LogP contribution in [-0.4, -0.2) is 11.0 Å². The molecule has 0 radical (unpaired) electrons. The summed E-state index contributed by atoms with van der Waals surface area (Å²) in [6.45, 7) is 0. The van der Waals surface area contributed by atoms with Gasteiger partial charge in [-0.3, -0.25) is 4.98 Å². The molecule has 0 aliphatic rings. The monoisotopic (exact) mass is 218 g/mol. The molecule has 1 unspecified atom stereocenters. The maximum atomic E-state index is 6.08. The third-order valence-corrected chi connectivity index (χ3v) is 3.06. The number of hydrogen-bond donors (Lipinski definition) is 1. The molecule has 1 atom stereocenters. The third kappa shape index (κ3) is 3.15. The van der Waals surface area contributed by atoms with E-state index in [4.69, 9.17) is 5.73 Å². The number of nitrogens with two attached hydrogens (primary N) is 1. The lowest BCUT2D eigenvalue weighted by Crippen LogP contribution is -2.25. The first kappa shape index (κ1) is 10.3. The summed E-state index contributed by atoms with van der Waals surface area (Å²) >= 11 is 1.72. The van der Waals surface area contributed by atoms with Crippen LogP contribution in [0.5, 0.6) is 0 Å². The van der Waals surface area contributed by atoms with Crippen molar-refractivity contribution < 1.29 is 0 Å². The van der Waals surface area contributed by atoms with Gasteiger partial charge in [-0.15, -0.1) is 0 Å². The summed E-state index contributed by atoms with van der Waals surface area (Å²) in [5.41, 5.74) is 8.67. The second-order valence-electron chi connectivity index (χ2n) is 3.66. The van der Waals surface area contributed by atoms with Gasteiger partial charge in [0.2, 0.25) is 0 Å². The fourth-order valence-electron chi connectivity index (χ4n) is 1.61. The van der Waals surface area contributed by atoms with Crippen molar-refractivity contribution in [2.75, 3.05) is 0 Å². The van der Waals surface area contributed by atoms with Gasteiger partial charge in [-0.25, -0.2) is 0 Å². The average molecular weight is 218 g/mol. The zero-order valence-electron chi connectivity index (χ0n) is 8.47. The Balaban J connectivity index is 1.90. The Morgan fingerprint density at radius 2 is 1.87 bits per heavy atom. The van der Waals surface area contributed by atoms with E-state index in [1.54, 1.807) is 11.3 Å². The second-order valence-corrected chi connectivity index (χ2v) is 4.44. The van der Waals surface area contributed by atoms with E-state index in [0.717, 1.165) is 12.8 Å². The van der Waals surface area contributed by atoms with Crippen molar-refractivity contribution >= 4 is 11.3 Å². The van der Waals surface area contributed by atoms with Gasteiger partial charge in [-0.2, -0.15) is 11.3 Å². The Hall–Kier alpha value is -1.19. The molecule has 78 valence electrons. The van der Waals surface area contributed by atoms with E-state index in [9.17, 15) is 0 Å². The van der Waals surface area contributed by atoms with Crippen LogP contribution < -0.4 is 5.73 Å². The average Bonchev–Trinajstić information content (AvgIpc) is 2.71. The Labute approximate surface area is 93.8 Å². The molecule has 2 aromatic heterocycles. The van der Waals surface area contributed by atoms with Crippen LogP contribution in [0.1, 0.15) is 11.1 Å². The molecule has 0 aliphatic carbocycles. The topological polar surface area (TPSA) is 38.9 Å². The van der Waals surface area contributed by atoms with Crippen LogP contribution in [0.3, 0.4) is 0 Å². The largest absolute Gasteiger partial charge is 0.327 e. The zero-order chi connectivity index (χ0) is 10.5. The predicted molar refractivity (Wildman–Crippen MR) is 63.9 cm³/mol. The first-order valence-electron chi connectivity index (χ1n) is 5.00. The van der Waals surface area contributed by atoms with Crippen molar-refractivity contribution in [3.05, 3.63) is 52.5 Å². The summed E-state index contributed by atoms with van der Waals surface area (Å²) in [6, 6.07) is 6.37. The lowest BCUT2D eigenvalue weighted by molar-refractivity contribution is 0.665. The van der Waals surface area contributed by atoms with Gasteiger partial charge in [0.15, 0.2) is 0 Å². The van der Waals surface area contributed by atoms with Crippen LogP contribution in [0.2, 0.25) is 0 Å². The molecule has 2 N–H and O–H groups in total. The van der Waals surface area contributed by atoms with Crippen molar-refractivity contribution in [3.63, 3.8) is 0 Å². The van der Waals surface area contributed by atoms with E-state index in [1.165, 1.54) is 11.1 Å². The summed E-state index contributed by atoms with van der Waals surface area (Å²) in [5.74, 6) is 0. The molecule has 3 heteroatoms. The molecule has 15 heavy (non-hydrogen) atoms. The third-order valence-electron chi connectivity index (χ3n) is 2.33. The van der Waals surface area contributed by atoms with Crippen molar-refractivity contribution in [1.29, 1.82) is 0 Å². The molecule has 2 heterocycles. The summed E-state index contributed by atoms with van der Waals surface area (Å²) in [6.07, 6.45) is 5.49. The maximum Gasteiger partial charge on any atom is 0.0270 e. The van der Waals surface area contributed by atoms with Crippen LogP contribution in [0, 0.1) is 0 Å². The van der Waals surface area contributed by atoms with E-state index in [-0.39, 0.29) is 6.04 Å². The molecule has 0 bridgehead atoms. The van der Waals surface area contributed by atoms with Gasteiger partial charge in [0, 0.05) is 18.4 Å². The Bertz CT molecular complexity index is 383. The minimum absolute atomic E-state index is 0.196. The van der Waals surface area contributed by atoms with Crippen LogP contribution >= 0.6 is 11.3 Å². The molecule has 2 nitrogen and oxygen atoms in total. The second kappa shape index (κ2) is 5.05. The summed E-state index contributed by atoms with van der Waals surface area (Å²) in [7, 11) is 0. The van der Waals surface area contributed by atoms with Gasteiger partial charge in [0.05, 0.1) is 0 Å². The van der Waals surface area contributed by atoms with E-state index in [1.807, 2.05) is 24.5 Å². The van der Waals surface area contributed by atoms with Gasteiger partial charge in [0.25, 0.3) is 0 Å². The number of nitrogens with zero attached hydrogens (tertiary/aromatic N) is 1. The van der Waals surface area contributed by atoms with Crippen molar-refractivity contribution in [2.45, 2.75) is 18.9 Å². The fraction of sp³-hybridized carbons (Fsp3) is 0.250. The molecule has 0 spiro atoms. The SMILES string of the molecule is NC(Cc1ccncc1)Cc1ccsc1. The molecule has 0 aromatic carbocycles. The van der Waals surface area contributed by atoms with Gasteiger partial charge in [-0.1, -0.05) is 0 Å². The van der Waals surface area contributed by atoms with Gasteiger partial charge in [0.1, 0.15) is 0 Å². The molecule has 0 amide bonds. The first-order valence-corrected chi connectivity index (χ1v) is 5.94. The van der Waals surface area contributed by atoms with Crippen molar-refractivity contribution in [2.24, 2.45) is 5.73 Å². The quantitative estimate of drug-likeness (QED) is 0.855. The minimum atomic E-state index is 0.196. The summed E-state index contributed by atoms with van der Waals surface area (Å²) in [5, 5.41) is 4.25. The maximum absolute atomic E-state index is 6.08. The predicted octanol–water partition coefficient (Wildman–Crippen LogP) is 2.26. The molecule has 0 saturated carbocycles. The Kier molecular flexibility index (Phi) is 3.48. The summed E-state index contributed by atoms with van der Waals surface area (Å²) in [4.78, 5) is 3.99. The molecule has 0 aliphatic heterocycles. The Morgan fingerprint density at radius 3 is 2.53 bits per heavy atom. The van der Waals surface area contributed by atoms with Gasteiger partial charge >= 0.3 is 0 Å². The molecular weight excluding hydrogens is 204 g/mol. The van der Waals surface area contributed by atoms with Crippen LogP contribution in [0.4, 0.5) is 0 Å². The number of hydrogen-bond acceptors (Lipinski definition) is 3. The molecular formula is C12H14N2S. The zero-order valence-corrected chi connectivity index (χ0v) is 9.28. The molecule has 2 rings (SSSR count). The van der Waals surface area contributed by atoms with Gasteiger partial charge in [-0.05, 0) is 52.9 Å². The highest BCUT2D eigenvalue weighted by molar-refractivity contribution is 7.07. The van der Waals surface area contributed by atoms with E-state index < -0.39 is 0 Å². The van der Waals surface area contributed by atoms with Crippen LogP contribution in [0.15, 0.2) is 41.4 Å². The minimum Gasteiger partial charge on any atom is -0.327 e. The number of thiophene rings is 1. The first-order chi connectivity index (χ1) is 7.34. The summed E-state index contributed by atoms with van der Waals surface area (Å²) < 4.78 is 0. The standard InChI is InChI=1S/C12H14N2S/c13-12(8-11-3-6-15-9-11)7-10-1-4-14-5-2-10/h1-6,9,12H,7-8,13H2. The molecule has 2 aromatic rings. The molecule has 0 fully saturated rings. The number of pyridine rings is 1. The van der Waals surface area contributed by atoms with Gasteiger partial charge < -0.3 is 5.73 Å². The smallest absolute Gasteiger partial charge is 0.0270 e.